The molecule has 218 valence electrons. The Labute approximate surface area is 249 Å². The van der Waals surface area contributed by atoms with Crippen molar-refractivity contribution in [3.05, 3.63) is 102 Å². The molecular weight excluding hydrogens is 552 g/mol. The van der Waals surface area contributed by atoms with Gasteiger partial charge in [-0.3, -0.25) is 24.6 Å². The van der Waals surface area contributed by atoms with Crippen molar-refractivity contribution >= 4 is 35.6 Å². The summed E-state index contributed by atoms with van der Waals surface area (Å²) in [5.74, 6) is -2.65. The topological polar surface area (TPSA) is 105 Å². The monoisotopic (exact) mass is 586 g/mol. The first-order valence-electron chi connectivity index (χ1n) is 13.8. The van der Waals surface area contributed by atoms with Gasteiger partial charge >= 0.3 is 5.97 Å². The van der Waals surface area contributed by atoms with E-state index < -0.39 is 41.2 Å². The highest BCUT2D eigenvalue weighted by Gasteiger charge is 2.68. The molecule has 0 bridgehead atoms. The third kappa shape index (κ3) is 5.54. The van der Waals surface area contributed by atoms with Crippen LogP contribution in [0.5, 0.6) is 11.5 Å². The lowest BCUT2D eigenvalue weighted by Gasteiger charge is -2.31. The summed E-state index contributed by atoms with van der Waals surface area (Å²) in [6.45, 7) is 0.300. The third-order valence-electron chi connectivity index (χ3n) is 8.02. The predicted molar refractivity (Wildman–Crippen MR) is 162 cm³/mol. The number of rotatable bonds is 12. The maximum absolute atomic E-state index is 14.0. The number of amides is 2. The number of nitrogens with one attached hydrogen (secondary N) is 1. The second kappa shape index (κ2) is 12.8. The van der Waals surface area contributed by atoms with Gasteiger partial charge in [-0.15, -0.1) is 0 Å². The Bertz CT molecular complexity index is 1460. The minimum absolute atomic E-state index is 0.0555. The van der Waals surface area contributed by atoms with E-state index in [-0.39, 0.29) is 19.6 Å². The first-order valence-corrected chi connectivity index (χ1v) is 15.2. The van der Waals surface area contributed by atoms with Crippen LogP contribution in [0.15, 0.2) is 84.9 Å². The van der Waals surface area contributed by atoms with E-state index in [0.717, 1.165) is 11.1 Å². The van der Waals surface area contributed by atoms with Gasteiger partial charge in [0.05, 0.1) is 18.9 Å². The van der Waals surface area contributed by atoms with Crippen LogP contribution in [0.2, 0.25) is 0 Å². The molecule has 0 saturated carbocycles. The predicted octanol–water partition coefficient (Wildman–Crippen LogP) is 4.81. The van der Waals surface area contributed by atoms with E-state index in [1.807, 2.05) is 73.0 Å². The second-order valence-corrected chi connectivity index (χ2v) is 11.4. The molecule has 2 amide bonds. The minimum atomic E-state index is -1.62. The number of carbonyl (C=O) groups is 3. The van der Waals surface area contributed by atoms with Crippen molar-refractivity contribution in [2.75, 3.05) is 25.7 Å². The molecule has 2 aliphatic heterocycles. The normalized spacial score (nSPS) is 23.4. The van der Waals surface area contributed by atoms with Crippen LogP contribution in [0.3, 0.4) is 0 Å². The Morgan fingerprint density at radius 1 is 1.02 bits per heavy atom. The molecule has 0 aromatic heterocycles. The number of carboxylic acid groups (broad SMARTS) is 1. The van der Waals surface area contributed by atoms with Crippen LogP contribution in [0, 0.1) is 11.8 Å². The van der Waals surface area contributed by atoms with E-state index in [1.165, 1.54) is 23.8 Å². The summed E-state index contributed by atoms with van der Waals surface area (Å²) in [7, 11) is 1.53. The van der Waals surface area contributed by atoms with Gasteiger partial charge in [0.1, 0.15) is 12.1 Å². The standard InChI is InChI=1S/C33H34N2O6S/c1-40-25-17-9-16-24(29(25)41-21-23-13-7-4-8-14-23)28-26-27(33(34-28,32(38)39)18-20-42-2)31(37)35(30(26)36)19-10-15-22-11-5-3-6-12-22/h3-17,26-28,34H,18-21H2,1-2H3,(H,38,39). The molecule has 2 N–H and O–H groups in total. The minimum Gasteiger partial charge on any atom is -0.493 e. The number of para-hydroxylation sites is 1. The fourth-order valence-corrected chi connectivity index (χ4v) is 6.51. The van der Waals surface area contributed by atoms with Gasteiger partial charge in [-0.25, -0.2) is 0 Å². The molecule has 9 heteroatoms. The number of carbonyl (C=O) groups excluding carboxylic acids is 2. The van der Waals surface area contributed by atoms with Crippen molar-refractivity contribution in [3.8, 4) is 11.5 Å². The van der Waals surface area contributed by atoms with Crippen LogP contribution in [-0.4, -0.2) is 59.0 Å². The maximum Gasteiger partial charge on any atom is 0.324 e. The van der Waals surface area contributed by atoms with Crippen LogP contribution in [0.25, 0.3) is 6.08 Å². The molecule has 42 heavy (non-hydrogen) atoms. The second-order valence-electron chi connectivity index (χ2n) is 10.4. The maximum atomic E-state index is 14.0. The van der Waals surface area contributed by atoms with E-state index in [0.29, 0.717) is 22.8 Å². The number of nitrogens with zero attached hydrogens (tertiary/aromatic N) is 1. The van der Waals surface area contributed by atoms with Crippen molar-refractivity contribution in [3.63, 3.8) is 0 Å². The number of fused-ring (bicyclic) bond motifs is 1. The first kappa shape index (κ1) is 29.4. The van der Waals surface area contributed by atoms with E-state index >= 15 is 0 Å². The molecule has 2 heterocycles. The molecule has 0 radical (unpaired) electrons. The lowest BCUT2D eigenvalue weighted by molar-refractivity contribution is -0.151. The Morgan fingerprint density at radius 3 is 2.40 bits per heavy atom. The molecule has 3 aromatic carbocycles. The van der Waals surface area contributed by atoms with Gasteiger partial charge in [0, 0.05) is 18.2 Å². The Morgan fingerprint density at radius 2 is 1.74 bits per heavy atom. The summed E-state index contributed by atoms with van der Waals surface area (Å²) in [4.78, 5) is 42.1. The largest absolute Gasteiger partial charge is 0.493 e. The van der Waals surface area contributed by atoms with Crippen LogP contribution in [0.4, 0.5) is 0 Å². The van der Waals surface area contributed by atoms with Crippen molar-refractivity contribution in [2.45, 2.75) is 24.6 Å². The Balaban J connectivity index is 1.53. The van der Waals surface area contributed by atoms with Crippen LogP contribution in [0.1, 0.15) is 29.2 Å². The number of imide groups is 1. The lowest BCUT2D eigenvalue weighted by atomic mass is 9.78. The zero-order valence-electron chi connectivity index (χ0n) is 23.6. The van der Waals surface area contributed by atoms with Crippen molar-refractivity contribution in [1.82, 2.24) is 10.2 Å². The summed E-state index contributed by atoms with van der Waals surface area (Å²) in [5.41, 5.74) is 0.834. The average Bonchev–Trinajstić information content (AvgIpc) is 3.49. The number of methoxy groups -OCH3 is 1. The van der Waals surface area contributed by atoms with Crippen molar-refractivity contribution in [1.29, 1.82) is 0 Å². The van der Waals surface area contributed by atoms with Gasteiger partial charge < -0.3 is 14.6 Å². The number of hydrogen-bond donors (Lipinski definition) is 2. The first-order chi connectivity index (χ1) is 20.4. The molecule has 0 spiro atoms. The fraction of sp³-hybridized carbons (Fsp3) is 0.303. The smallest absolute Gasteiger partial charge is 0.324 e. The van der Waals surface area contributed by atoms with Crippen LogP contribution < -0.4 is 14.8 Å². The summed E-state index contributed by atoms with van der Waals surface area (Å²) in [5, 5.41) is 13.9. The molecule has 5 rings (SSSR count). The summed E-state index contributed by atoms with van der Waals surface area (Å²) in [6.07, 6.45) is 5.68. The van der Waals surface area contributed by atoms with Crippen molar-refractivity contribution < 1.29 is 29.0 Å². The number of thioether (sulfide) groups is 1. The molecular formula is C33H34N2O6S. The van der Waals surface area contributed by atoms with Gasteiger partial charge in [-0.05, 0) is 35.6 Å². The van der Waals surface area contributed by atoms with E-state index in [2.05, 4.69) is 5.32 Å². The average molecular weight is 587 g/mol. The molecule has 0 aliphatic carbocycles. The zero-order valence-corrected chi connectivity index (χ0v) is 24.4. The lowest BCUT2D eigenvalue weighted by Crippen LogP contribution is -2.56. The summed E-state index contributed by atoms with van der Waals surface area (Å²) in [6, 6.07) is 23.8. The Kier molecular flexibility index (Phi) is 8.99. The molecule has 4 atom stereocenters. The van der Waals surface area contributed by atoms with Gasteiger partial charge in [-0.2, -0.15) is 11.8 Å². The number of hydrogen-bond acceptors (Lipinski definition) is 7. The third-order valence-corrected chi connectivity index (χ3v) is 8.63. The number of carboxylic acids is 1. The van der Waals surface area contributed by atoms with Crippen molar-refractivity contribution in [2.24, 2.45) is 11.8 Å². The summed E-state index contributed by atoms with van der Waals surface area (Å²) < 4.78 is 11.9. The fourth-order valence-electron chi connectivity index (χ4n) is 5.99. The number of benzene rings is 3. The van der Waals surface area contributed by atoms with E-state index in [9.17, 15) is 19.5 Å². The Hall–Kier alpha value is -4.08. The van der Waals surface area contributed by atoms with Gasteiger partial charge in [0.2, 0.25) is 11.8 Å². The highest BCUT2D eigenvalue weighted by molar-refractivity contribution is 7.98. The van der Waals surface area contributed by atoms with Gasteiger partial charge in [-0.1, -0.05) is 84.9 Å². The molecule has 2 saturated heterocycles. The van der Waals surface area contributed by atoms with Gasteiger partial charge in [0.25, 0.3) is 0 Å². The summed E-state index contributed by atoms with van der Waals surface area (Å²) >= 11 is 1.50. The molecule has 4 unspecified atom stereocenters. The molecule has 8 nitrogen and oxygen atoms in total. The molecule has 2 aliphatic rings. The van der Waals surface area contributed by atoms with Crippen LogP contribution >= 0.6 is 11.8 Å². The quantitative estimate of drug-likeness (QED) is 0.292. The SMILES string of the molecule is COc1cccc(C2NC(CCSC)(C(=O)O)C3C(=O)N(CC=Cc4ccccc4)C(=O)C23)c1OCc1ccccc1. The zero-order chi connectivity index (χ0) is 29.7. The number of ether oxygens (including phenoxy) is 2. The van der Waals surface area contributed by atoms with Gasteiger partial charge in [0.15, 0.2) is 11.5 Å². The number of likely N-dealkylation sites (tertiary alicyclic amines) is 1. The number of aliphatic carboxylic acids is 1. The van der Waals surface area contributed by atoms with Crippen LogP contribution in [-0.2, 0) is 21.0 Å². The highest BCUT2D eigenvalue weighted by Crippen LogP contribution is 2.52. The molecule has 2 fully saturated rings. The van der Waals surface area contributed by atoms with E-state index in [1.54, 1.807) is 24.3 Å². The van der Waals surface area contributed by atoms with E-state index in [4.69, 9.17) is 9.47 Å². The molecule has 3 aromatic rings. The highest BCUT2D eigenvalue weighted by atomic mass is 32.2.